The first-order chi connectivity index (χ1) is 15.1. The summed E-state index contributed by atoms with van der Waals surface area (Å²) in [7, 11) is 0. The Morgan fingerprint density at radius 2 is 1.87 bits per heavy atom. The minimum Gasteiger partial charge on any atom is -0.341 e. The van der Waals surface area contributed by atoms with Gasteiger partial charge in [0.25, 0.3) is 0 Å². The molecule has 0 spiro atoms. The number of hydrogen-bond acceptors (Lipinski definition) is 3. The molecule has 2 saturated heterocycles. The molecule has 2 aromatic carbocycles. The second kappa shape index (κ2) is 8.13. The summed E-state index contributed by atoms with van der Waals surface area (Å²) in [6.07, 6.45) is 3.55. The Kier molecular flexibility index (Phi) is 5.18. The van der Waals surface area contributed by atoms with Gasteiger partial charge in [0.2, 0.25) is 11.8 Å². The minimum atomic E-state index is -0.367. The Hall–Kier alpha value is -3.22. The van der Waals surface area contributed by atoms with Gasteiger partial charge in [0.05, 0.1) is 11.0 Å². The number of nitrogens with zero attached hydrogens (tertiary/aromatic N) is 4. The summed E-state index contributed by atoms with van der Waals surface area (Å²) >= 11 is 0. The maximum Gasteiger partial charge on any atom is 0.242 e. The lowest BCUT2D eigenvalue weighted by molar-refractivity contribution is -0.132. The lowest BCUT2D eigenvalue weighted by Gasteiger charge is -2.27. The predicted octanol–water partition coefficient (Wildman–Crippen LogP) is 3.71. The summed E-state index contributed by atoms with van der Waals surface area (Å²) in [6.45, 7) is 2.25. The quantitative estimate of drug-likeness (QED) is 0.647. The van der Waals surface area contributed by atoms with Gasteiger partial charge in [-0.2, -0.15) is 0 Å². The number of para-hydroxylation sites is 2. The summed E-state index contributed by atoms with van der Waals surface area (Å²) in [5, 5.41) is 0. The van der Waals surface area contributed by atoms with Crippen LogP contribution in [0, 0.1) is 5.82 Å². The van der Waals surface area contributed by atoms with E-state index in [0.717, 1.165) is 42.8 Å². The molecule has 1 aromatic heterocycles. The molecule has 0 aliphatic carbocycles. The first-order valence-electron chi connectivity index (χ1n) is 10.9. The van der Waals surface area contributed by atoms with Gasteiger partial charge in [0.15, 0.2) is 0 Å². The Balaban J connectivity index is 1.46. The molecule has 0 saturated carbocycles. The van der Waals surface area contributed by atoms with Gasteiger partial charge in [0.1, 0.15) is 18.2 Å². The molecular formula is C24H25FN4O2. The van der Waals surface area contributed by atoms with E-state index in [9.17, 15) is 14.0 Å². The van der Waals surface area contributed by atoms with E-state index in [1.807, 2.05) is 33.7 Å². The largest absolute Gasteiger partial charge is 0.341 e. The lowest BCUT2D eigenvalue weighted by Crippen LogP contribution is -2.38. The van der Waals surface area contributed by atoms with Gasteiger partial charge in [0, 0.05) is 37.7 Å². The van der Waals surface area contributed by atoms with Crippen molar-refractivity contribution in [2.24, 2.45) is 0 Å². The average Bonchev–Trinajstić information content (AvgIpc) is 3.35. The first-order valence-corrected chi connectivity index (χ1v) is 10.9. The molecule has 7 heteroatoms. The van der Waals surface area contributed by atoms with Crippen molar-refractivity contribution in [2.45, 2.75) is 38.1 Å². The second-order valence-corrected chi connectivity index (χ2v) is 8.37. The number of anilines is 1. The van der Waals surface area contributed by atoms with E-state index in [-0.39, 0.29) is 36.5 Å². The summed E-state index contributed by atoms with van der Waals surface area (Å²) in [4.78, 5) is 34.1. The zero-order valence-corrected chi connectivity index (χ0v) is 17.3. The third-order valence-corrected chi connectivity index (χ3v) is 6.30. The number of carbonyl (C=O) groups excluding carboxylic acids is 2. The van der Waals surface area contributed by atoms with Crippen LogP contribution in [0.3, 0.4) is 0 Å². The first kappa shape index (κ1) is 19.7. The number of likely N-dealkylation sites (tertiary alicyclic amines) is 1. The molecule has 3 aromatic rings. The molecule has 1 atom stereocenters. The van der Waals surface area contributed by atoms with Crippen LogP contribution in [0.4, 0.5) is 10.1 Å². The van der Waals surface area contributed by atoms with Crippen molar-refractivity contribution in [1.82, 2.24) is 14.5 Å². The summed E-state index contributed by atoms with van der Waals surface area (Å²) in [5.74, 6) is 0.260. The highest BCUT2D eigenvalue weighted by molar-refractivity contribution is 5.96. The number of aromatic nitrogens is 2. The van der Waals surface area contributed by atoms with Crippen molar-refractivity contribution in [3.8, 4) is 0 Å². The van der Waals surface area contributed by atoms with E-state index in [0.29, 0.717) is 12.2 Å². The number of carbonyl (C=O) groups is 2. The van der Waals surface area contributed by atoms with E-state index in [2.05, 4.69) is 0 Å². The van der Waals surface area contributed by atoms with Gasteiger partial charge in [-0.05, 0) is 49.6 Å². The fraction of sp³-hybridized carbons (Fsp3) is 0.375. The van der Waals surface area contributed by atoms with Crippen LogP contribution in [-0.4, -0.2) is 45.9 Å². The van der Waals surface area contributed by atoms with Crippen LogP contribution in [-0.2, 0) is 16.1 Å². The normalized spacial score (nSPS) is 19.4. The fourth-order valence-corrected chi connectivity index (χ4v) is 4.72. The zero-order chi connectivity index (χ0) is 21.4. The molecule has 0 bridgehead atoms. The molecular weight excluding hydrogens is 395 g/mol. The maximum absolute atomic E-state index is 13.7. The number of halogens is 1. The van der Waals surface area contributed by atoms with Crippen molar-refractivity contribution in [2.75, 3.05) is 24.5 Å². The highest BCUT2D eigenvalue weighted by atomic mass is 19.1. The predicted molar refractivity (Wildman–Crippen MR) is 116 cm³/mol. The third kappa shape index (κ3) is 3.80. The molecule has 0 radical (unpaired) electrons. The van der Waals surface area contributed by atoms with Crippen molar-refractivity contribution in [3.63, 3.8) is 0 Å². The third-order valence-electron chi connectivity index (χ3n) is 6.30. The van der Waals surface area contributed by atoms with E-state index < -0.39 is 0 Å². The highest BCUT2D eigenvalue weighted by Gasteiger charge is 2.35. The van der Waals surface area contributed by atoms with Gasteiger partial charge >= 0.3 is 0 Å². The van der Waals surface area contributed by atoms with Crippen LogP contribution in [0.15, 0.2) is 48.5 Å². The topological polar surface area (TPSA) is 58.4 Å². The number of benzene rings is 2. The summed E-state index contributed by atoms with van der Waals surface area (Å²) < 4.78 is 15.7. The molecule has 2 aliphatic heterocycles. The van der Waals surface area contributed by atoms with Crippen molar-refractivity contribution in [1.29, 1.82) is 0 Å². The molecule has 3 heterocycles. The van der Waals surface area contributed by atoms with Crippen LogP contribution in [0.1, 0.15) is 37.4 Å². The van der Waals surface area contributed by atoms with Gasteiger partial charge in [-0.3, -0.25) is 9.59 Å². The van der Waals surface area contributed by atoms with Gasteiger partial charge < -0.3 is 14.4 Å². The smallest absolute Gasteiger partial charge is 0.242 e. The molecule has 6 nitrogen and oxygen atoms in total. The van der Waals surface area contributed by atoms with E-state index in [4.69, 9.17) is 4.98 Å². The molecule has 2 aliphatic rings. The standard InChI is InChI=1S/C24H25FN4O2/c25-18-7-6-8-19(14-18)28-15-17(13-22(28)30)24-26-20-9-2-3-10-21(20)29(24)16-23(31)27-11-4-1-5-12-27/h2-3,6-10,14,17H,1,4-5,11-13,15-16H2. The van der Waals surface area contributed by atoms with Gasteiger partial charge in [-0.15, -0.1) is 0 Å². The zero-order valence-electron chi connectivity index (χ0n) is 17.3. The number of hydrogen-bond donors (Lipinski definition) is 0. The molecule has 31 heavy (non-hydrogen) atoms. The number of amides is 2. The van der Waals surface area contributed by atoms with Crippen LogP contribution in [0.5, 0.6) is 0 Å². The van der Waals surface area contributed by atoms with Crippen molar-refractivity contribution >= 4 is 28.5 Å². The van der Waals surface area contributed by atoms with Crippen LogP contribution in [0.2, 0.25) is 0 Å². The highest BCUT2D eigenvalue weighted by Crippen LogP contribution is 2.33. The van der Waals surface area contributed by atoms with Crippen LogP contribution < -0.4 is 4.90 Å². The lowest BCUT2D eigenvalue weighted by atomic mass is 10.1. The van der Waals surface area contributed by atoms with Crippen LogP contribution in [0.25, 0.3) is 11.0 Å². The number of imidazole rings is 1. The van der Waals surface area contributed by atoms with Crippen molar-refractivity contribution in [3.05, 3.63) is 60.2 Å². The monoisotopic (exact) mass is 420 g/mol. The molecule has 160 valence electrons. The Morgan fingerprint density at radius 3 is 2.68 bits per heavy atom. The van der Waals surface area contributed by atoms with Gasteiger partial charge in [-0.1, -0.05) is 18.2 Å². The minimum absolute atomic E-state index is 0.0587. The van der Waals surface area contributed by atoms with Crippen LogP contribution >= 0.6 is 0 Å². The van der Waals surface area contributed by atoms with Gasteiger partial charge in [-0.25, -0.2) is 9.37 Å². The Morgan fingerprint density at radius 1 is 1.06 bits per heavy atom. The van der Waals surface area contributed by atoms with E-state index in [1.165, 1.54) is 18.6 Å². The number of fused-ring (bicyclic) bond motifs is 1. The molecule has 5 rings (SSSR count). The Labute approximate surface area is 180 Å². The number of piperidine rings is 1. The average molecular weight is 420 g/mol. The van der Waals surface area contributed by atoms with E-state index in [1.54, 1.807) is 17.0 Å². The molecule has 1 unspecified atom stereocenters. The summed E-state index contributed by atoms with van der Waals surface area (Å²) in [6, 6.07) is 13.9. The number of rotatable bonds is 4. The fourth-order valence-electron chi connectivity index (χ4n) is 4.72. The second-order valence-electron chi connectivity index (χ2n) is 8.37. The molecule has 2 fully saturated rings. The molecule has 0 N–H and O–H groups in total. The summed E-state index contributed by atoms with van der Waals surface area (Å²) in [5.41, 5.74) is 2.28. The maximum atomic E-state index is 13.7. The molecule has 2 amide bonds. The van der Waals surface area contributed by atoms with Crippen molar-refractivity contribution < 1.29 is 14.0 Å². The SMILES string of the molecule is O=C(Cn1c(C2CC(=O)N(c3cccc(F)c3)C2)nc2ccccc21)N1CCCCC1. The Bertz CT molecular complexity index is 1140. The van der Waals surface area contributed by atoms with E-state index >= 15 is 0 Å².